The molecule has 0 amide bonds. The van der Waals surface area contributed by atoms with E-state index in [4.69, 9.17) is 0 Å². The Morgan fingerprint density at radius 2 is 1.90 bits per heavy atom. The second-order valence-electron chi connectivity index (χ2n) is 5.41. The lowest BCUT2D eigenvalue weighted by Crippen LogP contribution is -2.35. The quantitative estimate of drug-likeness (QED) is 0.870. The third kappa shape index (κ3) is 2.95. The van der Waals surface area contributed by atoms with Crippen LogP contribution in [0.3, 0.4) is 0 Å². The number of hydrogen-bond acceptors (Lipinski definition) is 4. The van der Waals surface area contributed by atoms with Crippen molar-refractivity contribution in [2.75, 3.05) is 18.1 Å². The van der Waals surface area contributed by atoms with Gasteiger partial charge >= 0.3 is 5.97 Å². The van der Waals surface area contributed by atoms with Crippen molar-refractivity contribution in [3.63, 3.8) is 0 Å². The first-order chi connectivity index (χ1) is 9.35. The normalized spacial score (nSPS) is 17.9. The fourth-order valence-electron chi connectivity index (χ4n) is 2.72. The molecule has 0 aliphatic heterocycles. The van der Waals surface area contributed by atoms with Gasteiger partial charge in [-0.1, -0.05) is 25.0 Å². The molecular weight excluding hydrogens is 278 g/mol. The molecule has 0 saturated heterocycles. The zero-order valence-corrected chi connectivity index (χ0v) is 12.2. The minimum absolute atomic E-state index is 0.207. The zero-order valence-electron chi connectivity index (χ0n) is 11.4. The molecule has 0 heterocycles. The molecule has 0 atom stereocenters. The molecule has 6 heteroatoms. The smallest absolute Gasteiger partial charge is 0.311 e. The molecule has 0 spiro atoms. The molecule has 0 aromatic heterocycles. The summed E-state index contributed by atoms with van der Waals surface area (Å²) in [5.41, 5.74) is -0.299. The Bertz CT molecular complexity index is 603. The average Bonchev–Trinajstić information content (AvgIpc) is 2.86. The van der Waals surface area contributed by atoms with E-state index in [0.717, 1.165) is 19.1 Å². The fraction of sp³-hybridized carbons (Fsp3) is 0.500. The zero-order chi connectivity index (χ0) is 14.8. The Hall–Kier alpha value is -1.56. The van der Waals surface area contributed by atoms with Crippen LogP contribution < -0.4 is 5.32 Å². The van der Waals surface area contributed by atoms with E-state index in [-0.39, 0.29) is 11.4 Å². The predicted octanol–water partition coefficient (Wildman–Crippen LogP) is 2.15. The third-order valence-electron chi connectivity index (χ3n) is 3.92. The van der Waals surface area contributed by atoms with Gasteiger partial charge in [0.15, 0.2) is 9.84 Å². The van der Waals surface area contributed by atoms with E-state index in [9.17, 15) is 18.3 Å². The molecule has 1 saturated carbocycles. The minimum Gasteiger partial charge on any atom is -0.481 e. The van der Waals surface area contributed by atoms with Crippen LogP contribution in [0.25, 0.3) is 0 Å². The van der Waals surface area contributed by atoms with Gasteiger partial charge in [0.2, 0.25) is 0 Å². The lowest BCUT2D eigenvalue weighted by atomic mass is 9.86. The molecule has 1 fully saturated rings. The maximum absolute atomic E-state index is 11.7. The standard InChI is InChI=1S/C14H19NO4S/c1-20(18,19)12-7-3-2-6-11(12)15-10-14(13(16)17)8-4-5-9-14/h2-3,6-7,15H,4-5,8-10H2,1H3,(H,16,17). The van der Waals surface area contributed by atoms with Gasteiger partial charge in [-0.05, 0) is 25.0 Å². The van der Waals surface area contributed by atoms with Crippen LogP contribution in [0.5, 0.6) is 0 Å². The highest BCUT2D eigenvalue weighted by atomic mass is 32.2. The Kier molecular flexibility index (Phi) is 4.04. The number of carbonyl (C=O) groups is 1. The SMILES string of the molecule is CS(=O)(=O)c1ccccc1NCC1(C(=O)O)CCCC1. The molecule has 0 unspecified atom stereocenters. The molecule has 0 bridgehead atoms. The minimum atomic E-state index is -3.33. The summed E-state index contributed by atoms with van der Waals surface area (Å²) in [6.07, 6.45) is 4.23. The van der Waals surface area contributed by atoms with Gasteiger partial charge in [-0.15, -0.1) is 0 Å². The Morgan fingerprint density at radius 1 is 1.30 bits per heavy atom. The summed E-state index contributed by atoms with van der Waals surface area (Å²) in [5, 5.41) is 12.4. The number of nitrogens with one attached hydrogen (secondary N) is 1. The van der Waals surface area contributed by atoms with Crippen LogP contribution in [0, 0.1) is 5.41 Å². The molecule has 2 N–H and O–H groups in total. The summed E-state index contributed by atoms with van der Waals surface area (Å²) < 4.78 is 23.4. The van der Waals surface area contributed by atoms with Crippen LogP contribution in [-0.2, 0) is 14.6 Å². The van der Waals surface area contributed by atoms with E-state index in [1.807, 2.05) is 0 Å². The number of aliphatic carboxylic acids is 1. The number of para-hydroxylation sites is 1. The molecule has 20 heavy (non-hydrogen) atoms. The monoisotopic (exact) mass is 297 g/mol. The molecule has 1 aromatic carbocycles. The van der Waals surface area contributed by atoms with Crippen LogP contribution in [0.1, 0.15) is 25.7 Å². The van der Waals surface area contributed by atoms with Crippen molar-refractivity contribution in [2.24, 2.45) is 5.41 Å². The van der Waals surface area contributed by atoms with E-state index in [2.05, 4.69) is 5.32 Å². The average molecular weight is 297 g/mol. The second kappa shape index (κ2) is 5.44. The topological polar surface area (TPSA) is 83.5 Å². The van der Waals surface area contributed by atoms with E-state index in [1.54, 1.807) is 18.2 Å². The number of carboxylic acids is 1. The first-order valence-corrected chi connectivity index (χ1v) is 8.51. The Labute approximate surface area is 118 Å². The van der Waals surface area contributed by atoms with Gasteiger partial charge in [0.05, 0.1) is 16.0 Å². The molecule has 1 aliphatic rings. The van der Waals surface area contributed by atoms with Crippen molar-refractivity contribution in [3.8, 4) is 0 Å². The largest absolute Gasteiger partial charge is 0.481 e. The van der Waals surface area contributed by atoms with E-state index in [1.165, 1.54) is 6.07 Å². The summed E-state index contributed by atoms with van der Waals surface area (Å²) in [6, 6.07) is 6.59. The van der Waals surface area contributed by atoms with E-state index >= 15 is 0 Å². The van der Waals surface area contributed by atoms with Gasteiger partial charge in [0.25, 0.3) is 0 Å². The summed E-state index contributed by atoms with van der Waals surface area (Å²) in [7, 11) is -3.33. The molecule has 1 aliphatic carbocycles. The fourth-order valence-corrected chi connectivity index (χ4v) is 3.58. The summed E-state index contributed by atoms with van der Waals surface area (Å²) in [6.45, 7) is 0.259. The molecule has 0 radical (unpaired) electrons. The predicted molar refractivity (Wildman–Crippen MR) is 76.6 cm³/mol. The molecular formula is C14H19NO4S. The summed E-state index contributed by atoms with van der Waals surface area (Å²) in [4.78, 5) is 11.7. The van der Waals surface area contributed by atoms with Crippen LogP contribution >= 0.6 is 0 Å². The Balaban J connectivity index is 2.21. The first-order valence-electron chi connectivity index (χ1n) is 6.62. The molecule has 110 valence electrons. The van der Waals surface area contributed by atoms with Gasteiger partial charge in [-0.3, -0.25) is 4.79 Å². The van der Waals surface area contributed by atoms with Crippen molar-refractivity contribution >= 4 is 21.5 Å². The number of carboxylic acid groups (broad SMARTS) is 1. The van der Waals surface area contributed by atoms with Gasteiger partial charge in [0, 0.05) is 12.8 Å². The summed E-state index contributed by atoms with van der Waals surface area (Å²) in [5.74, 6) is -0.806. The number of anilines is 1. The third-order valence-corrected chi connectivity index (χ3v) is 5.07. The molecule has 1 aromatic rings. The number of sulfone groups is 1. The number of benzene rings is 1. The van der Waals surface area contributed by atoms with Crippen molar-refractivity contribution in [1.29, 1.82) is 0 Å². The highest BCUT2D eigenvalue weighted by Gasteiger charge is 2.41. The van der Waals surface area contributed by atoms with Crippen LogP contribution in [-0.4, -0.2) is 32.3 Å². The van der Waals surface area contributed by atoms with Gasteiger partial charge < -0.3 is 10.4 Å². The van der Waals surface area contributed by atoms with Crippen molar-refractivity contribution < 1.29 is 18.3 Å². The summed E-state index contributed by atoms with van der Waals surface area (Å²) >= 11 is 0. The maximum Gasteiger partial charge on any atom is 0.311 e. The van der Waals surface area contributed by atoms with Crippen LogP contribution in [0.15, 0.2) is 29.2 Å². The van der Waals surface area contributed by atoms with Gasteiger partial charge in [-0.25, -0.2) is 8.42 Å². The highest BCUT2D eigenvalue weighted by Crippen LogP contribution is 2.38. The van der Waals surface area contributed by atoms with Crippen LogP contribution in [0.4, 0.5) is 5.69 Å². The maximum atomic E-state index is 11.7. The van der Waals surface area contributed by atoms with Gasteiger partial charge in [-0.2, -0.15) is 0 Å². The van der Waals surface area contributed by atoms with Crippen molar-refractivity contribution in [1.82, 2.24) is 0 Å². The van der Waals surface area contributed by atoms with Crippen molar-refractivity contribution in [3.05, 3.63) is 24.3 Å². The molecule has 2 rings (SSSR count). The van der Waals surface area contributed by atoms with Gasteiger partial charge in [0.1, 0.15) is 0 Å². The number of hydrogen-bond donors (Lipinski definition) is 2. The molecule has 5 nitrogen and oxygen atoms in total. The number of rotatable bonds is 5. The second-order valence-corrected chi connectivity index (χ2v) is 7.40. The van der Waals surface area contributed by atoms with Crippen LogP contribution in [0.2, 0.25) is 0 Å². The Morgan fingerprint density at radius 3 is 2.45 bits per heavy atom. The highest BCUT2D eigenvalue weighted by molar-refractivity contribution is 7.90. The lowest BCUT2D eigenvalue weighted by molar-refractivity contribution is -0.147. The van der Waals surface area contributed by atoms with Crippen molar-refractivity contribution in [2.45, 2.75) is 30.6 Å². The first kappa shape index (κ1) is 14.8. The lowest BCUT2D eigenvalue weighted by Gasteiger charge is -2.25. The van der Waals surface area contributed by atoms with E-state index in [0.29, 0.717) is 18.5 Å². The van der Waals surface area contributed by atoms with E-state index < -0.39 is 21.2 Å².